The van der Waals surface area contributed by atoms with Gasteiger partial charge in [-0.05, 0) is 35.0 Å². The smallest absolute Gasteiger partial charge is 0.0967 e. The summed E-state index contributed by atoms with van der Waals surface area (Å²) in [5.74, 6) is 0.655. The van der Waals surface area contributed by atoms with E-state index in [0.717, 1.165) is 17.7 Å². The minimum absolute atomic E-state index is 0.166. The van der Waals surface area contributed by atoms with Gasteiger partial charge < -0.3 is 5.73 Å². The van der Waals surface area contributed by atoms with Crippen molar-refractivity contribution in [1.82, 2.24) is 9.59 Å². The third-order valence-corrected chi connectivity index (χ3v) is 3.17. The molecule has 90 valence electrons. The number of aromatic nitrogens is 2. The van der Waals surface area contributed by atoms with E-state index in [2.05, 4.69) is 41.6 Å². The van der Waals surface area contributed by atoms with E-state index in [1.54, 1.807) is 0 Å². The molecule has 0 bridgehead atoms. The van der Waals surface area contributed by atoms with Crippen LogP contribution in [0.5, 0.6) is 0 Å². The molecule has 0 saturated heterocycles. The molecule has 2 rings (SSSR count). The second kappa shape index (κ2) is 5.38. The van der Waals surface area contributed by atoms with Crippen molar-refractivity contribution in [2.45, 2.75) is 26.3 Å². The van der Waals surface area contributed by atoms with Crippen molar-refractivity contribution < 1.29 is 0 Å². The Morgan fingerprint density at radius 2 is 2.18 bits per heavy atom. The van der Waals surface area contributed by atoms with E-state index >= 15 is 0 Å². The average Bonchev–Trinajstić information content (AvgIpc) is 2.81. The lowest BCUT2D eigenvalue weighted by molar-refractivity contribution is 0.646. The number of nitrogens with two attached hydrogens (primary N) is 1. The Morgan fingerprint density at radius 3 is 2.82 bits per heavy atom. The molecule has 1 heterocycles. The predicted octanol–water partition coefficient (Wildman–Crippen LogP) is 2.78. The molecular formula is C13H17N3S. The van der Waals surface area contributed by atoms with E-state index < -0.39 is 0 Å². The molecule has 2 aromatic rings. The number of hydrogen-bond donors (Lipinski definition) is 1. The highest BCUT2D eigenvalue weighted by molar-refractivity contribution is 7.03. The predicted molar refractivity (Wildman–Crippen MR) is 70.9 cm³/mol. The van der Waals surface area contributed by atoms with Crippen LogP contribution in [0.4, 0.5) is 0 Å². The molecule has 4 heteroatoms. The Kier molecular flexibility index (Phi) is 3.86. The zero-order valence-corrected chi connectivity index (χ0v) is 10.9. The number of hydrogen-bond acceptors (Lipinski definition) is 4. The average molecular weight is 247 g/mol. The third-order valence-electron chi connectivity index (χ3n) is 2.65. The minimum atomic E-state index is -0.166. The number of benzene rings is 1. The molecule has 1 atom stereocenters. The first-order valence-corrected chi connectivity index (χ1v) is 6.62. The van der Waals surface area contributed by atoms with Gasteiger partial charge in [-0.2, -0.15) is 0 Å². The first-order chi connectivity index (χ1) is 8.16. The number of nitrogens with zero attached hydrogens (tertiary/aromatic N) is 2. The lowest BCUT2D eigenvalue weighted by atomic mass is 9.98. The molecule has 0 saturated carbocycles. The summed E-state index contributed by atoms with van der Waals surface area (Å²) >= 11 is 1.34. The van der Waals surface area contributed by atoms with E-state index in [1.807, 2.05) is 11.4 Å². The van der Waals surface area contributed by atoms with Crippen molar-refractivity contribution in [2.24, 2.45) is 11.7 Å². The van der Waals surface area contributed by atoms with E-state index in [0.29, 0.717) is 5.92 Å². The van der Waals surface area contributed by atoms with Crippen LogP contribution in [0.3, 0.4) is 0 Å². The molecule has 0 aliphatic heterocycles. The van der Waals surface area contributed by atoms with Crippen LogP contribution in [0.25, 0.3) is 0 Å². The van der Waals surface area contributed by atoms with Crippen molar-refractivity contribution in [3.63, 3.8) is 0 Å². The summed E-state index contributed by atoms with van der Waals surface area (Å²) in [5.41, 5.74) is 9.45. The van der Waals surface area contributed by atoms with E-state index in [1.165, 1.54) is 17.1 Å². The zero-order chi connectivity index (χ0) is 12.3. The van der Waals surface area contributed by atoms with Gasteiger partial charge in [0.25, 0.3) is 0 Å². The highest BCUT2D eigenvalue weighted by Gasteiger charge is 2.12. The highest BCUT2D eigenvalue weighted by atomic mass is 32.1. The standard InChI is InChI=1S/C13H17N3S/c1-9(2)6-10-4-3-5-11(7-10)13(14)12-8-17-16-15-12/h3-5,7-9,13H,6,14H2,1-2H3. The van der Waals surface area contributed by atoms with Gasteiger partial charge in [0.15, 0.2) is 0 Å². The van der Waals surface area contributed by atoms with Crippen LogP contribution in [-0.2, 0) is 6.42 Å². The van der Waals surface area contributed by atoms with Crippen molar-refractivity contribution in [3.05, 3.63) is 46.5 Å². The molecule has 1 aromatic carbocycles. The molecule has 1 unspecified atom stereocenters. The van der Waals surface area contributed by atoms with Gasteiger partial charge in [-0.25, -0.2) is 0 Å². The maximum Gasteiger partial charge on any atom is 0.0967 e. The van der Waals surface area contributed by atoms with E-state index in [9.17, 15) is 0 Å². The fourth-order valence-electron chi connectivity index (χ4n) is 1.86. The van der Waals surface area contributed by atoms with Gasteiger partial charge in [0.2, 0.25) is 0 Å². The summed E-state index contributed by atoms with van der Waals surface area (Å²) < 4.78 is 3.85. The molecule has 0 aliphatic carbocycles. The van der Waals surface area contributed by atoms with Gasteiger partial charge in [0, 0.05) is 5.38 Å². The van der Waals surface area contributed by atoms with E-state index in [-0.39, 0.29) is 6.04 Å². The van der Waals surface area contributed by atoms with E-state index in [4.69, 9.17) is 5.73 Å². The first-order valence-electron chi connectivity index (χ1n) is 5.78. The summed E-state index contributed by atoms with van der Waals surface area (Å²) in [5, 5.41) is 5.93. The summed E-state index contributed by atoms with van der Waals surface area (Å²) in [4.78, 5) is 0. The van der Waals surface area contributed by atoms with Crippen molar-refractivity contribution >= 4 is 11.5 Å². The van der Waals surface area contributed by atoms with Crippen molar-refractivity contribution in [2.75, 3.05) is 0 Å². The Labute approximate surface area is 106 Å². The molecule has 0 radical (unpaired) electrons. The van der Waals surface area contributed by atoms with Crippen LogP contribution in [0.2, 0.25) is 0 Å². The normalized spacial score (nSPS) is 12.9. The third kappa shape index (κ3) is 3.11. The molecular weight excluding hydrogens is 230 g/mol. The molecule has 17 heavy (non-hydrogen) atoms. The Hall–Kier alpha value is -1.26. The second-order valence-electron chi connectivity index (χ2n) is 4.65. The largest absolute Gasteiger partial charge is 0.319 e. The summed E-state index contributed by atoms with van der Waals surface area (Å²) in [6.45, 7) is 4.44. The van der Waals surface area contributed by atoms with Crippen LogP contribution in [-0.4, -0.2) is 9.59 Å². The first kappa shape index (κ1) is 12.2. The van der Waals surface area contributed by atoms with Gasteiger partial charge in [-0.3, -0.25) is 0 Å². The summed E-state index contributed by atoms with van der Waals surface area (Å²) in [6, 6.07) is 8.26. The van der Waals surface area contributed by atoms with Gasteiger partial charge >= 0.3 is 0 Å². The monoisotopic (exact) mass is 247 g/mol. The molecule has 2 N–H and O–H groups in total. The zero-order valence-electron chi connectivity index (χ0n) is 10.1. The van der Waals surface area contributed by atoms with Crippen molar-refractivity contribution in [1.29, 1.82) is 0 Å². The van der Waals surface area contributed by atoms with Gasteiger partial charge in [-0.1, -0.05) is 42.6 Å². The Balaban J connectivity index is 2.21. The number of rotatable bonds is 4. The van der Waals surface area contributed by atoms with Crippen LogP contribution in [0, 0.1) is 5.92 Å². The SMILES string of the molecule is CC(C)Cc1cccc(C(N)c2csnn2)c1. The summed E-state index contributed by atoms with van der Waals surface area (Å²) in [7, 11) is 0. The highest BCUT2D eigenvalue weighted by Crippen LogP contribution is 2.20. The molecule has 0 fully saturated rings. The molecule has 1 aromatic heterocycles. The fourth-order valence-corrected chi connectivity index (χ4v) is 2.35. The lowest BCUT2D eigenvalue weighted by Gasteiger charge is -2.11. The molecule has 3 nitrogen and oxygen atoms in total. The van der Waals surface area contributed by atoms with Gasteiger partial charge in [-0.15, -0.1) is 5.10 Å². The summed E-state index contributed by atoms with van der Waals surface area (Å²) in [6.07, 6.45) is 1.08. The lowest BCUT2D eigenvalue weighted by Crippen LogP contribution is -2.12. The Bertz CT molecular complexity index is 465. The second-order valence-corrected chi connectivity index (χ2v) is 5.26. The fraction of sp³-hybridized carbons (Fsp3) is 0.385. The maximum absolute atomic E-state index is 6.16. The topological polar surface area (TPSA) is 51.8 Å². The molecule has 0 aliphatic rings. The minimum Gasteiger partial charge on any atom is -0.319 e. The Morgan fingerprint density at radius 1 is 1.35 bits per heavy atom. The maximum atomic E-state index is 6.16. The van der Waals surface area contributed by atoms with Crippen LogP contribution < -0.4 is 5.73 Å². The van der Waals surface area contributed by atoms with Crippen LogP contribution in [0.1, 0.15) is 36.7 Å². The van der Waals surface area contributed by atoms with Crippen LogP contribution >= 0.6 is 11.5 Å². The van der Waals surface area contributed by atoms with Gasteiger partial charge in [0.05, 0.1) is 11.7 Å². The van der Waals surface area contributed by atoms with Crippen LogP contribution in [0.15, 0.2) is 29.6 Å². The molecule has 0 amide bonds. The quantitative estimate of drug-likeness (QED) is 0.904. The van der Waals surface area contributed by atoms with Crippen molar-refractivity contribution in [3.8, 4) is 0 Å². The van der Waals surface area contributed by atoms with Gasteiger partial charge in [0.1, 0.15) is 0 Å². The molecule has 0 spiro atoms.